The molecule has 0 unspecified atom stereocenters. The van der Waals surface area contributed by atoms with E-state index in [-0.39, 0.29) is 0 Å². The number of methoxy groups -OCH3 is 1. The number of rotatable bonds is 4. The molecule has 0 radical (unpaired) electrons. The van der Waals surface area contributed by atoms with Crippen LogP contribution in [0.4, 0.5) is 0 Å². The number of hydrogen-bond acceptors (Lipinski definition) is 2. The fourth-order valence-corrected chi connectivity index (χ4v) is 1.67. The number of fused-ring (bicyclic) bond motifs is 1. The lowest BCUT2D eigenvalue weighted by Crippen LogP contribution is -1.92. The predicted octanol–water partition coefficient (Wildman–Crippen LogP) is 2.22. The molecular weight excluding hydrogens is 188 g/mol. The molecule has 0 aliphatic rings. The van der Waals surface area contributed by atoms with Gasteiger partial charge >= 0.3 is 0 Å². The highest BCUT2D eigenvalue weighted by atomic mass is 16.5. The van der Waals surface area contributed by atoms with Crippen LogP contribution in [0.1, 0.15) is 17.7 Å². The van der Waals surface area contributed by atoms with E-state index >= 15 is 0 Å². The van der Waals surface area contributed by atoms with Gasteiger partial charge in [-0.3, -0.25) is 0 Å². The summed E-state index contributed by atoms with van der Waals surface area (Å²) in [4.78, 5) is 4.53. The number of aryl methyl sites for hydroxylation is 2. The van der Waals surface area contributed by atoms with Crippen LogP contribution in [0.2, 0.25) is 0 Å². The largest absolute Gasteiger partial charge is 0.385 e. The van der Waals surface area contributed by atoms with Crippen molar-refractivity contribution in [1.82, 2.24) is 9.38 Å². The molecule has 0 saturated heterocycles. The summed E-state index contributed by atoms with van der Waals surface area (Å²) in [6.45, 7) is 2.89. The smallest absolute Gasteiger partial charge is 0.136 e. The molecule has 0 fully saturated rings. The molecule has 0 atom stereocenters. The second-order valence-electron chi connectivity index (χ2n) is 3.80. The van der Waals surface area contributed by atoms with Crippen LogP contribution in [0.3, 0.4) is 0 Å². The molecular formula is C12H16N2O. The van der Waals surface area contributed by atoms with Crippen molar-refractivity contribution in [3.05, 3.63) is 35.8 Å². The normalized spacial score (nSPS) is 11.1. The predicted molar refractivity (Wildman–Crippen MR) is 60.1 cm³/mol. The van der Waals surface area contributed by atoms with Gasteiger partial charge in [-0.05, 0) is 31.4 Å². The number of hydrogen-bond donors (Lipinski definition) is 0. The maximum absolute atomic E-state index is 5.02. The molecule has 0 spiro atoms. The SMILES string of the molecule is COCCCc1cn2cc(C)ccc2n1. The first-order chi connectivity index (χ1) is 7.29. The number of pyridine rings is 1. The molecule has 0 N–H and O–H groups in total. The van der Waals surface area contributed by atoms with Crippen LogP contribution in [-0.4, -0.2) is 23.1 Å². The van der Waals surface area contributed by atoms with E-state index in [0.717, 1.165) is 30.8 Å². The van der Waals surface area contributed by atoms with Crippen LogP contribution < -0.4 is 0 Å². The third-order valence-corrected chi connectivity index (χ3v) is 2.43. The van der Waals surface area contributed by atoms with Crippen LogP contribution in [0.15, 0.2) is 24.5 Å². The van der Waals surface area contributed by atoms with Gasteiger partial charge < -0.3 is 9.14 Å². The molecule has 3 nitrogen and oxygen atoms in total. The van der Waals surface area contributed by atoms with Gasteiger partial charge in [0.15, 0.2) is 0 Å². The first kappa shape index (κ1) is 10.2. The number of aromatic nitrogens is 2. The Balaban J connectivity index is 2.16. The average molecular weight is 204 g/mol. The molecule has 0 saturated carbocycles. The van der Waals surface area contributed by atoms with Crippen molar-refractivity contribution in [2.24, 2.45) is 0 Å². The minimum Gasteiger partial charge on any atom is -0.385 e. The quantitative estimate of drug-likeness (QED) is 0.714. The maximum atomic E-state index is 5.02. The van der Waals surface area contributed by atoms with Gasteiger partial charge in [0.05, 0.1) is 5.69 Å². The summed E-state index contributed by atoms with van der Waals surface area (Å²) in [6.07, 6.45) is 6.20. The van der Waals surface area contributed by atoms with Crippen molar-refractivity contribution in [2.75, 3.05) is 13.7 Å². The first-order valence-corrected chi connectivity index (χ1v) is 5.23. The van der Waals surface area contributed by atoms with Crippen molar-refractivity contribution in [3.63, 3.8) is 0 Å². The Kier molecular flexibility index (Phi) is 3.02. The lowest BCUT2D eigenvalue weighted by molar-refractivity contribution is 0.195. The van der Waals surface area contributed by atoms with Gasteiger partial charge in [-0.1, -0.05) is 6.07 Å². The molecule has 2 rings (SSSR count). The lowest BCUT2D eigenvalue weighted by Gasteiger charge is -1.94. The van der Waals surface area contributed by atoms with Crippen LogP contribution >= 0.6 is 0 Å². The highest BCUT2D eigenvalue weighted by molar-refractivity contribution is 5.41. The highest BCUT2D eigenvalue weighted by Crippen LogP contribution is 2.08. The monoisotopic (exact) mass is 204 g/mol. The fraction of sp³-hybridized carbons (Fsp3) is 0.417. The van der Waals surface area contributed by atoms with Crippen molar-refractivity contribution in [1.29, 1.82) is 0 Å². The van der Waals surface area contributed by atoms with Crippen LogP contribution in [-0.2, 0) is 11.2 Å². The molecule has 2 aromatic rings. The molecule has 80 valence electrons. The van der Waals surface area contributed by atoms with Gasteiger partial charge in [-0.2, -0.15) is 0 Å². The molecule has 3 heteroatoms. The number of nitrogens with zero attached hydrogens (tertiary/aromatic N) is 2. The molecule has 2 aromatic heterocycles. The summed E-state index contributed by atoms with van der Waals surface area (Å²) in [5.74, 6) is 0. The van der Waals surface area contributed by atoms with Crippen molar-refractivity contribution in [2.45, 2.75) is 19.8 Å². The van der Waals surface area contributed by atoms with E-state index in [1.165, 1.54) is 5.56 Å². The zero-order valence-corrected chi connectivity index (χ0v) is 9.23. The fourth-order valence-electron chi connectivity index (χ4n) is 1.67. The van der Waals surface area contributed by atoms with E-state index in [4.69, 9.17) is 4.74 Å². The minimum absolute atomic E-state index is 0.799. The summed E-state index contributed by atoms with van der Waals surface area (Å²) in [5, 5.41) is 0. The van der Waals surface area contributed by atoms with Gasteiger partial charge in [-0.15, -0.1) is 0 Å². The molecule has 0 aliphatic heterocycles. The zero-order valence-electron chi connectivity index (χ0n) is 9.23. The molecule has 15 heavy (non-hydrogen) atoms. The van der Waals surface area contributed by atoms with Gasteiger partial charge in [0.1, 0.15) is 5.65 Å². The number of imidazole rings is 1. The van der Waals surface area contributed by atoms with E-state index in [0.29, 0.717) is 0 Å². The molecule has 2 heterocycles. The zero-order chi connectivity index (χ0) is 10.7. The van der Waals surface area contributed by atoms with E-state index in [2.05, 4.69) is 40.8 Å². The Morgan fingerprint density at radius 2 is 2.20 bits per heavy atom. The van der Waals surface area contributed by atoms with Gasteiger partial charge in [-0.25, -0.2) is 4.98 Å². The lowest BCUT2D eigenvalue weighted by atomic mass is 10.3. The second kappa shape index (κ2) is 4.45. The van der Waals surface area contributed by atoms with Gasteiger partial charge in [0, 0.05) is 26.1 Å². The Labute approximate surface area is 89.7 Å². The Hall–Kier alpha value is -1.35. The van der Waals surface area contributed by atoms with E-state index < -0.39 is 0 Å². The van der Waals surface area contributed by atoms with Crippen LogP contribution in [0.25, 0.3) is 5.65 Å². The summed E-state index contributed by atoms with van der Waals surface area (Å²) in [5.41, 5.74) is 3.41. The average Bonchev–Trinajstić information content (AvgIpc) is 2.60. The summed E-state index contributed by atoms with van der Waals surface area (Å²) < 4.78 is 7.10. The van der Waals surface area contributed by atoms with E-state index in [9.17, 15) is 0 Å². The van der Waals surface area contributed by atoms with E-state index in [1.54, 1.807) is 7.11 Å². The van der Waals surface area contributed by atoms with Gasteiger partial charge in [0.25, 0.3) is 0 Å². The minimum atomic E-state index is 0.799. The second-order valence-corrected chi connectivity index (χ2v) is 3.80. The van der Waals surface area contributed by atoms with E-state index in [1.807, 2.05) is 0 Å². The van der Waals surface area contributed by atoms with Crippen molar-refractivity contribution in [3.8, 4) is 0 Å². The first-order valence-electron chi connectivity index (χ1n) is 5.23. The molecule has 0 bridgehead atoms. The number of ether oxygens (including phenoxy) is 1. The molecule has 0 aromatic carbocycles. The third kappa shape index (κ3) is 2.36. The Bertz CT molecular complexity index is 448. The summed E-state index contributed by atoms with van der Waals surface area (Å²) in [7, 11) is 1.73. The molecule has 0 aliphatic carbocycles. The summed E-state index contributed by atoms with van der Waals surface area (Å²) in [6, 6.07) is 4.14. The highest BCUT2D eigenvalue weighted by Gasteiger charge is 2.00. The maximum Gasteiger partial charge on any atom is 0.136 e. The molecule has 0 amide bonds. The van der Waals surface area contributed by atoms with Crippen molar-refractivity contribution >= 4 is 5.65 Å². The summed E-state index contributed by atoms with van der Waals surface area (Å²) >= 11 is 0. The van der Waals surface area contributed by atoms with Crippen LogP contribution in [0, 0.1) is 6.92 Å². The van der Waals surface area contributed by atoms with Crippen LogP contribution in [0.5, 0.6) is 0 Å². The standard InChI is InChI=1S/C12H16N2O/c1-10-5-6-12-13-11(4-3-7-15-2)9-14(12)8-10/h5-6,8-9H,3-4,7H2,1-2H3. The Morgan fingerprint density at radius 1 is 1.33 bits per heavy atom. The Morgan fingerprint density at radius 3 is 3.00 bits per heavy atom. The van der Waals surface area contributed by atoms with Crippen molar-refractivity contribution < 1.29 is 4.74 Å². The van der Waals surface area contributed by atoms with Gasteiger partial charge in [0.2, 0.25) is 0 Å². The third-order valence-electron chi connectivity index (χ3n) is 2.43. The topological polar surface area (TPSA) is 26.5 Å².